The van der Waals surface area contributed by atoms with Crippen LogP contribution >= 0.6 is 0 Å². The van der Waals surface area contributed by atoms with Gasteiger partial charge in [-0.15, -0.1) is 0 Å². The topological polar surface area (TPSA) is 64.1 Å². The molecule has 0 unspecified atom stereocenters. The summed E-state index contributed by atoms with van der Waals surface area (Å²) in [4.78, 5) is 29.8. The van der Waals surface area contributed by atoms with Gasteiger partial charge in [-0.1, -0.05) is 12.1 Å². The van der Waals surface area contributed by atoms with E-state index in [1.807, 2.05) is 15.9 Å². The number of carbonyl (C=O) groups is 2. The van der Waals surface area contributed by atoms with Crippen LogP contribution in [0.2, 0.25) is 0 Å². The van der Waals surface area contributed by atoms with Crippen molar-refractivity contribution in [1.29, 1.82) is 0 Å². The van der Waals surface area contributed by atoms with Gasteiger partial charge in [0.15, 0.2) is 0 Å². The monoisotopic (exact) mass is 331 g/mol. The summed E-state index contributed by atoms with van der Waals surface area (Å²) in [5, 5.41) is 9.09. The van der Waals surface area contributed by atoms with Crippen LogP contribution in [0.25, 0.3) is 0 Å². The molecular weight excluding hydrogens is 306 g/mol. The van der Waals surface area contributed by atoms with Gasteiger partial charge in [-0.2, -0.15) is 0 Å². The summed E-state index contributed by atoms with van der Waals surface area (Å²) >= 11 is 0. The molecule has 1 aromatic carbocycles. The summed E-state index contributed by atoms with van der Waals surface area (Å²) in [7, 11) is 2.08. The molecule has 6 heteroatoms. The predicted molar refractivity (Wildman–Crippen MR) is 91.3 cm³/mol. The molecule has 0 saturated carbocycles. The van der Waals surface area contributed by atoms with Crippen molar-refractivity contribution in [3.05, 3.63) is 35.4 Å². The van der Waals surface area contributed by atoms with Gasteiger partial charge in [-0.25, -0.2) is 9.59 Å². The number of carbonyl (C=O) groups excluding carboxylic acids is 1. The molecule has 1 N–H and O–H groups in total. The predicted octanol–water partition coefficient (Wildman–Crippen LogP) is 1.62. The smallest absolute Gasteiger partial charge is 0.335 e. The Morgan fingerprint density at radius 2 is 1.88 bits per heavy atom. The normalized spacial score (nSPS) is 22.0. The number of carboxylic acid groups (broad SMARTS) is 1. The van der Waals surface area contributed by atoms with Crippen LogP contribution < -0.4 is 0 Å². The first kappa shape index (κ1) is 16.8. The van der Waals surface area contributed by atoms with Gasteiger partial charge in [0.25, 0.3) is 0 Å². The Labute approximate surface area is 142 Å². The zero-order chi connectivity index (χ0) is 17.1. The number of amides is 2. The van der Waals surface area contributed by atoms with Crippen LogP contribution in [-0.4, -0.2) is 78.1 Å². The number of nitrogens with zero attached hydrogens (tertiary/aromatic N) is 3. The molecular formula is C18H25N3O3. The van der Waals surface area contributed by atoms with Crippen molar-refractivity contribution >= 4 is 12.0 Å². The van der Waals surface area contributed by atoms with Crippen molar-refractivity contribution in [2.24, 2.45) is 5.92 Å². The number of hydrogen-bond acceptors (Lipinski definition) is 3. The second kappa shape index (κ2) is 7.21. The fourth-order valence-electron chi connectivity index (χ4n) is 3.54. The summed E-state index contributed by atoms with van der Waals surface area (Å²) in [6.45, 7) is 5.04. The molecule has 3 rings (SSSR count). The van der Waals surface area contributed by atoms with Crippen LogP contribution in [0.4, 0.5) is 4.79 Å². The van der Waals surface area contributed by atoms with E-state index in [9.17, 15) is 9.59 Å². The zero-order valence-corrected chi connectivity index (χ0v) is 14.1. The lowest BCUT2D eigenvalue weighted by Crippen LogP contribution is -2.51. The van der Waals surface area contributed by atoms with E-state index in [4.69, 9.17) is 5.11 Å². The van der Waals surface area contributed by atoms with Gasteiger partial charge in [-0.05, 0) is 43.5 Å². The van der Waals surface area contributed by atoms with E-state index in [1.165, 1.54) is 0 Å². The molecule has 1 aromatic rings. The molecule has 6 nitrogen and oxygen atoms in total. The van der Waals surface area contributed by atoms with Crippen molar-refractivity contribution in [2.75, 3.05) is 46.3 Å². The maximum absolute atomic E-state index is 12.6. The molecule has 2 fully saturated rings. The second-order valence-corrected chi connectivity index (χ2v) is 6.88. The number of hydrogen-bond donors (Lipinski definition) is 1. The van der Waals surface area contributed by atoms with Crippen LogP contribution in [0, 0.1) is 5.92 Å². The minimum atomic E-state index is -0.893. The second-order valence-electron chi connectivity index (χ2n) is 6.88. The highest BCUT2D eigenvalue weighted by Gasteiger charge is 2.30. The largest absolute Gasteiger partial charge is 0.478 e. The lowest BCUT2D eigenvalue weighted by atomic mass is 9.97. The van der Waals surface area contributed by atoms with Crippen molar-refractivity contribution in [2.45, 2.75) is 12.8 Å². The van der Waals surface area contributed by atoms with Crippen molar-refractivity contribution < 1.29 is 14.7 Å². The zero-order valence-electron chi connectivity index (χ0n) is 14.1. The molecule has 0 radical (unpaired) electrons. The summed E-state index contributed by atoms with van der Waals surface area (Å²) in [6, 6.07) is 7.28. The summed E-state index contributed by atoms with van der Waals surface area (Å²) in [5.41, 5.74) is 1.37. The Morgan fingerprint density at radius 1 is 1.12 bits per heavy atom. The van der Waals surface area contributed by atoms with Crippen LogP contribution in [0.3, 0.4) is 0 Å². The van der Waals surface area contributed by atoms with Gasteiger partial charge >= 0.3 is 12.0 Å². The first-order valence-electron chi connectivity index (χ1n) is 8.57. The minimum Gasteiger partial charge on any atom is -0.478 e. The Kier molecular flexibility index (Phi) is 5.04. The SMILES string of the molecule is CN1CCN(C(=O)N2CC[C@@H](Cc3cccc(C(=O)O)c3)C2)CC1. The number of likely N-dealkylation sites (tertiary alicyclic amines) is 1. The van der Waals surface area contributed by atoms with Crippen molar-refractivity contribution in [1.82, 2.24) is 14.7 Å². The Morgan fingerprint density at radius 3 is 2.58 bits per heavy atom. The standard InChI is InChI=1S/C18H25N3O3/c1-19-7-9-20(10-8-19)18(24)21-6-5-15(13-21)11-14-3-2-4-16(12-14)17(22)23/h2-4,12,15H,5-11,13H2,1H3,(H,22,23)/t15-/m0/s1. The van der Waals surface area contributed by atoms with Crippen LogP contribution in [0.15, 0.2) is 24.3 Å². The molecule has 0 aromatic heterocycles. The van der Waals surface area contributed by atoms with E-state index in [0.29, 0.717) is 11.5 Å². The summed E-state index contributed by atoms with van der Waals surface area (Å²) < 4.78 is 0. The minimum absolute atomic E-state index is 0.157. The lowest BCUT2D eigenvalue weighted by molar-refractivity contribution is 0.0696. The van der Waals surface area contributed by atoms with Gasteiger partial charge in [0.2, 0.25) is 0 Å². The molecule has 24 heavy (non-hydrogen) atoms. The molecule has 2 aliphatic rings. The lowest BCUT2D eigenvalue weighted by Gasteiger charge is -2.35. The number of carboxylic acids is 1. The van der Waals surface area contributed by atoms with Gasteiger partial charge in [-0.3, -0.25) is 0 Å². The number of rotatable bonds is 3. The average molecular weight is 331 g/mol. The molecule has 130 valence electrons. The third kappa shape index (κ3) is 3.87. The highest BCUT2D eigenvalue weighted by molar-refractivity contribution is 5.87. The maximum Gasteiger partial charge on any atom is 0.335 e. The molecule has 2 saturated heterocycles. The molecule has 1 atom stereocenters. The Hall–Kier alpha value is -2.08. The number of aromatic carboxylic acids is 1. The first-order valence-corrected chi connectivity index (χ1v) is 8.57. The summed E-state index contributed by atoms with van der Waals surface area (Å²) in [5.74, 6) is -0.486. The van der Waals surface area contributed by atoms with E-state index in [1.54, 1.807) is 18.2 Å². The third-order valence-electron chi connectivity index (χ3n) is 5.03. The molecule has 2 aliphatic heterocycles. The van der Waals surface area contributed by atoms with Crippen LogP contribution in [-0.2, 0) is 6.42 Å². The number of urea groups is 1. The molecule has 0 bridgehead atoms. The molecule has 2 amide bonds. The Bertz CT molecular complexity index is 611. The van der Waals surface area contributed by atoms with Gasteiger partial charge in [0.05, 0.1) is 5.56 Å². The van der Waals surface area contributed by atoms with Crippen LogP contribution in [0.5, 0.6) is 0 Å². The van der Waals surface area contributed by atoms with Gasteiger partial charge < -0.3 is 19.8 Å². The fraction of sp³-hybridized carbons (Fsp3) is 0.556. The third-order valence-corrected chi connectivity index (χ3v) is 5.03. The van der Waals surface area contributed by atoms with E-state index >= 15 is 0 Å². The highest BCUT2D eigenvalue weighted by Crippen LogP contribution is 2.22. The summed E-state index contributed by atoms with van der Waals surface area (Å²) in [6.07, 6.45) is 1.81. The Balaban J connectivity index is 1.54. The molecule has 2 heterocycles. The first-order chi connectivity index (χ1) is 11.5. The van der Waals surface area contributed by atoms with E-state index in [2.05, 4.69) is 11.9 Å². The number of benzene rings is 1. The number of piperazine rings is 1. The van der Waals surface area contributed by atoms with Crippen molar-refractivity contribution in [3.8, 4) is 0 Å². The van der Waals surface area contributed by atoms with Gasteiger partial charge in [0, 0.05) is 39.3 Å². The fourth-order valence-corrected chi connectivity index (χ4v) is 3.54. The highest BCUT2D eigenvalue weighted by atomic mass is 16.4. The van der Waals surface area contributed by atoms with Crippen molar-refractivity contribution in [3.63, 3.8) is 0 Å². The van der Waals surface area contributed by atoms with Crippen LogP contribution in [0.1, 0.15) is 22.3 Å². The van der Waals surface area contributed by atoms with E-state index in [0.717, 1.165) is 57.7 Å². The molecule has 0 spiro atoms. The molecule has 0 aliphatic carbocycles. The average Bonchev–Trinajstić information content (AvgIpc) is 3.03. The van der Waals surface area contributed by atoms with E-state index < -0.39 is 5.97 Å². The van der Waals surface area contributed by atoms with E-state index in [-0.39, 0.29) is 6.03 Å². The quantitative estimate of drug-likeness (QED) is 0.914. The number of likely N-dealkylation sites (N-methyl/N-ethyl adjacent to an activating group) is 1. The maximum atomic E-state index is 12.6. The van der Waals surface area contributed by atoms with Gasteiger partial charge in [0.1, 0.15) is 0 Å².